The number of ether oxygens (including phenoxy) is 2. The van der Waals surface area contributed by atoms with Crippen LogP contribution in [0.25, 0.3) is 11.0 Å². The molecule has 9 nitrogen and oxygen atoms in total. The molecule has 1 aromatic heterocycles. The van der Waals surface area contributed by atoms with Crippen LogP contribution in [0, 0.1) is 6.92 Å². The lowest BCUT2D eigenvalue weighted by Gasteiger charge is -2.32. The minimum Gasteiger partial charge on any atom is -0.496 e. The third-order valence-electron chi connectivity index (χ3n) is 7.04. The van der Waals surface area contributed by atoms with Gasteiger partial charge in [0.25, 0.3) is 0 Å². The van der Waals surface area contributed by atoms with Gasteiger partial charge in [0.15, 0.2) is 0 Å². The van der Waals surface area contributed by atoms with Gasteiger partial charge in [-0.3, -0.25) is 9.59 Å². The molecule has 39 heavy (non-hydrogen) atoms. The number of methoxy groups -OCH3 is 1. The second-order valence-electron chi connectivity index (χ2n) is 9.76. The van der Waals surface area contributed by atoms with Crippen LogP contribution in [0.2, 0.25) is 0 Å². The summed E-state index contributed by atoms with van der Waals surface area (Å²) in [4.78, 5) is 29.6. The molecular formula is C30H33N5O4. The van der Waals surface area contributed by atoms with Crippen molar-refractivity contribution in [2.75, 3.05) is 20.3 Å². The van der Waals surface area contributed by atoms with Crippen molar-refractivity contribution in [3.05, 3.63) is 89.5 Å². The molecular weight excluding hydrogens is 494 g/mol. The molecule has 0 aliphatic carbocycles. The van der Waals surface area contributed by atoms with Crippen LogP contribution in [0.1, 0.15) is 35.6 Å². The van der Waals surface area contributed by atoms with Crippen molar-refractivity contribution in [2.45, 2.75) is 45.0 Å². The zero-order valence-corrected chi connectivity index (χ0v) is 22.2. The first-order chi connectivity index (χ1) is 19.0. The predicted molar refractivity (Wildman–Crippen MR) is 147 cm³/mol. The second kappa shape index (κ2) is 12.1. The first-order valence-electron chi connectivity index (χ1n) is 13.2. The van der Waals surface area contributed by atoms with Crippen LogP contribution >= 0.6 is 0 Å². The average Bonchev–Trinajstić information content (AvgIpc) is 3.63. The maximum Gasteiger partial charge on any atom is 0.247 e. The summed E-state index contributed by atoms with van der Waals surface area (Å²) in [7, 11) is 1.60. The highest BCUT2D eigenvalue weighted by Crippen LogP contribution is 2.28. The summed E-state index contributed by atoms with van der Waals surface area (Å²) in [5.41, 5.74) is 4.02. The van der Waals surface area contributed by atoms with Crippen LogP contribution in [0.3, 0.4) is 0 Å². The molecule has 2 heterocycles. The van der Waals surface area contributed by atoms with Crippen molar-refractivity contribution >= 4 is 22.8 Å². The number of carbonyl (C=O) groups excluding carboxylic acids is 2. The number of amides is 2. The Labute approximate surface area is 227 Å². The van der Waals surface area contributed by atoms with Crippen molar-refractivity contribution < 1.29 is 19.1 Å². The Balaban J connectivity index is 1.51. The van der Waals surface area contributed by atoms with Gasteiger partial charge in [-0.15, -0.1) is 5.10 Å². The molecule has 2 atom stereocenters. The molecule has 1 N–H and O–H groups in total. The number of nitrogens with one attached hydrogen (secondary N) is 1. The number of aryl methyl sites for hydroxylation is 1. The first-order valence-corrected chi connectivity index (χ1v) is 13.2. The van der Waals surface area contributed by atoms with E-state index >= 15 is 0 Å². The molecule has 2 amide bonds. The second-order valence-corrected chi connectivity index (χ2v) is 9.76. The smallest absolute Gasteiger partial charge is 0.247 e. The van der Waals surface area contributed by atoms with Gasteiger partial charge in [0.2, 0.25) is 11.8 Å². The van der Waals surface area contributed by atoms with E-state index in [9.17, 15) is 9.59 Å². The topological polar surface area (TPSA) is 98.6 Å². The van der Waals surface area contributed by atoms with Crippen molar-refractivity contribution in [3.63, 3.8) is 0 Å². The van der Waals surface area contributed by atoms with Gasteiger partial charge < -0.3 is 19.7 Å². The largest absolute Gasteiger partial charge is 0.496 e. The SMILES string of the molecule is COc1ccccc1CN(C(=O)Cn1nnc2ccccc21)[C@@H](C(=O)NC[C@@H]1CCCO1)c1ccc(C)cc1. The van der Waals surface area contributed by atoms with E-state index in [0.29, 0.717) is 24.4 Å². The van der Waals surface area contributed by atoms with E-state index in [0.717, 1.165) is 35.0 Å². The monoisotopic (exact) mass is 527 g/mol. The predicted octanol–water partition coefficient (Wildman–Crippen LogP) is 3.81. The summed E-state index contributed by atoms with van der Waals surface area (Å²) in [5, 5.41) is 11.5. The van der Waals surface area contributed by atoms with E-state index in [2.05, 4.69) is 15.6 Å². The van der Waals surface area contributed by atoms with Crippen LogP contribution in [-0.4, -0.2) is 58.1 Å². The van der Waals surface area contributed by atoms with Gasteiger partial charge in [0, 0.05) is 18.7 Å². The fraction of sp³-hybridized carbons (Fsp3) is 0.333. The molecule has 4 aromatic rings. The minimum absolute atomic E-state index is 0.0208. The maximum absolute atomic E-state index is 14.1. The number of hydrogen-bond acceptors (Lipinski definition) is 6. The molecule has 0 spiro atoms. The number of nitrogens with zero attached hydrogens (tertiary/aromatic N) is 4. The van der Waals surface area contributed by atoms with Gasteiger partial charge in [-0.25, -0.2) is 4.68 Å². The molecule has 0 unspecified atom stereocenters. The Bertz CT molecular complexity index is 1430. The van der Waals surface area contributed by atoms with Crippen LogP contribution in [-0.2, 0) is 27.4 Å². The number of para-hydroxylation sites is 2. The maximum atomic E-state index is 14.1. The molecule has 1 aliphatic heterocycles. The Morgan fingerprint density at radius 3 is 2.64 bits per heavy atom. The van der Waals surface area contributed by atoms with E-state index in [1.54, 1.807) is 16.7 Å². The lowest BCUT2D eigenvalue weighted by atomic mass is 10.0. The van der Waals surface area contributed by atoms with Crippen molar-refractivity contribution in [1.29, 1.82) is 0 Å². The fourth-order valence-corrected chi connectivity index (χ4v) is 4.93. The van der Waals surface area contributed by atoms with Crippen LogP contribution in [0.5, 0.6) is 5.75 Å². The quantitative estimate of drug-likeness (QED) is 0.337. The standard InChI is InChI=1S/C30H33N5O4/c1-21-13-15-22(16-14-21)29(30(37)31-18-24-9-7-17-39-24)34(19-23-8-3-6-12-27(23)38-2)28(36)20-35-26-11-5-4-10-25(26)32-33-35/h3-6,8,10-16,24,29H,7,9,17-20H2,1-2H3,(H,31,37)/t24-,29+/m0/s1. The number of benzene rings is 3. The Kier molecular flexibility index (Phi) is 8.17. The van der Waals surface area contributed by atoms with E-state index in [4.69, 9.17) is 9.47 Å². The molecule has 0 radical (unpaired) electrons. The lowest BCUT2D eigenvalue weighted by molar-refractivity contribution is -0.142. The van der Waals surface area contributed by atoms with Crippen molar-refractivity contribution in [3.8, 4) is 5.75 Å². The average molecular weight is 528 g/mol. The Hall–Kier alpha value is -4.24. The zero-order chi connectivity index (χ0) is 27.2. The van der Waals surface area contributed by atoms with Gasteiger partial charge in [-0.1, -0.05) is 65.4 Å². The normalized spacial score (nSPS) is 15.7. The number of fused-ring (bicyclic) bond motifs is 1. The lowest BCUT2D eigenvalue weighted by Crippen LogP contribution is -2.46. The van der Waals surface area contributed by atoms with Gasteiger partial charge in [0.05, 0.1) is 25.3 Å². The molecule has 1 saturated heterocycles. The van der Waals surface area contributed by atoms with Crippen LogP contribution < -0.4 is 10.1 Å². The van der Waals surface area contributed by atoms with Gasteiger partial charge in [-0.2, -0.15) is 0 Å². The zero-order valence-electron chi connectivity index (χ0n) is 22.2. The van der Waals surface area contributed by atoms with Crippen LogP contribution in [0.15, 0.2) is 72.8 Å². The van der Waals surface area contributed by atoms with Gasteiger partial charge in [0.1, 0.15) is 23.9 Å². The Morgan fingerprint density at radius 2 is 1.87 bits per heavy atom. The summed E-state index contributed by atoms with van der Waals surface area (Å²) >= 11 is 0. The molecule has 1 fully saturated rings. The third-order valence-corrected chi connectivity index (χ3v) is 7.04. The van der Waals surface area contributed by atoms with Gasteiger partial charge >= 0.3 is 0 Å². The summed E-state index contributed by atoms with van der Waals surface area (Å²) in [5.74, 6) is 0.111. The fourth-order valence-electron chi connectivity index (χ4n) is 4.93. The molecule has 5 rings (SSSR count). The van der Waals surface area contributed by atoms with E-state index < -0.39 is 6.04 Å². The highest BCUT2D eigenvalue weighted by molar-refractivity contribution is 5.89. The highest BCUT2D eigenvalue weighted by atomic mass is 16.5. The van der Waals surface area contributed by atoms with Gasteiger partial charge in [-0.05, 0) is 43.5 Å². The molecule has 202 valence electrons. The highest BCUT2D eigenvalue weighted by Gasteiger charge is 2.33. The molecule has 0 saturated carbocycles. The molecule has 9 heteroatoms. The molecule has 3 aromatic carbocycles. The summed E-state index contributed by atoms with van der Waals surface area (Å²) in [6.45, 7) is 3.18. The van der Waals surface area contributed by atoms with E-state index in [1.807, 2.05) is 79.7 Å². The Morgan fingerprint density at radius 1 is 1.10 bits per heavy atom. The molecule has 0 bridgehead atoms. The van der Waals surface area contributed by atoms with Crippen LogP contribution in [0.4, 0.5) is 0 Å². The summed E-state index contributed by atoms with van der Waals surface area (Å²) in [6, 6.07) is 21.8. The first kappa shape index (κ1) is 26.4. The van der Waals surface area contributed by atoms with Crippen molar-refractivity contribution in [2.24, 2.45) is 0 Å². The van der Waals surface area contributed by atoms with E-state index in [-0.39, 0.29) is 31.0 Å². The number of carbonyl (C=O) groups is 2. The third kappa shape index (κ3) is 6.09. The summed E-state index contributed by atoms with van der Waals surface area (Å²) in [6.07, 6.45) is 1.86. The molecule has 1 aliphatic rings. The number of aromatic nitrogens is 3. The minimum atomic E-state index is -0.876. The van der Waals surface area contributed by atoms with E-state index in [1.165, 1.54) is 0 Å². The summed E-state index contributed by atoms with van der Waals surface area (Å²) < 4.78 is 12.9. The number of hydrogen-bond donors (Lipinski definition) is 1. The van der Waals surface area contributed by atoms with Crippen molar-refractivity contribution in [1.82, 2.24) is 25.2 Å². The number of rotatable bonds is 10.